The van der Waals surface area contributed by atoms with Crippen molar-refractivity contribution < 1.29 is 0 Å². The summed E-state index contributed by atoms with van der Waals surface area (Å²) in [6, 6.07) is 4.07. The molecule has 2 heterocycles. The summed E-state index contributed by atoms with van der Waals surface area (Å²) in [4.78, 5) is 16.6. The van der Waals surface area contributed by atoms with Crippen LogP contribution in [0.1, 0.15) is 36.0 Å². The van der Waals surface area contributed by atoms with E-state index in [4.69, 9.17) is 0 Å². The summed E-state index contributed by atoms with van der Waals surface area (Å²) in [7, 11) is 3.98. The fourth-order valence-corrected chi connectivity index (χ4v) is 3.26. The van der Waals surface area contributed by atoms with E-state index in [1.54, 1.807) is 12.3 Å². The standard InChI is InChI=1S/C16H22N4O/c1-17-13-4-3-5-14-12(13)6-7-16(21)20(14)10-8-15-18-9-11-19(15)2/h6-7,9,11,13,17H,3-5,8,10H2,1-2H3. The Labute approximate surface area is 124 Å². The maximum atomic E-state index is 12.2. The van der Waals surface area contributed by atoms with Crippen LogP contribution in [0.4, 0.5) is 0 Å². The third-order valence-corrected chi connectivity index (χ3v) is 4.44. The topological polar surface area (TPSA) is 51.9 Å². The zero-order chi connectivity index (χ0) is 14.8. The predicted molar refractivity (Wildman–Crippen MR) is 82.4 cm³/mol. The number of hydrogen-bond acceptors (Lipinski definition) is 3. The molecule has 1 unspecified atom stereocenters. The molecule has 0 bridgehead atoms. The highest BCUT2D eigenvalue weighted by Crippen LogP contribution is 2.28. The Hall–Kier alpha value is -1.88. The fraction of sp³-hybridized carbons (Fsp3) is 0.500. The van der Waals surface area contributed by atoms with E-state index in [1.807, 2.05) is 35.5 Å². The molecule has 0 saturated heterocycles. The number of pyridine rings is 1. The Balaban J connectivity index is 1.91. The molecule has 0 spiro atoms. The SMILES string of the molecule is CNC1CCCc2c1ccc(=O)n2CCc1nccn1C. The van der Waals surface area contributed by atoms with Crippen LogP contribution in [-0.2, 0) is 26.4 Å². The van der Waals surface area contributed by atoms with Crippen molar-refractivity contribution in [1.29, 1.82) is 0 Å². The van der Waals surface area contributed by atoms with Gasteiger partial charge >= 0.3 is 0 Å². The first-order valence-corrected chi connectivity index (χ1v) is 7.57. The van der Waals surface area contributed by atoms with Crippen molar-refractivity contribution in [2.45, 2.75) is 38.3 Å². The van der Waals surface area contributed by atoms with Gasteiger partial charge in [-0.05, 0) is 31.9 Å². The molecule has 21 heavy (non-hydrogen) atoms. The molecule has 2 aromatic rings. The van der Waals surface area contributed by atoms with E-state index in [2.05, 4.69) is 10.3 Å². The first-order valence-electron chi connectivity index (χ1n) is 7.57. The lowest BCUT2D eigenvalue weighted by atomic mass is 9.91. The number of nitrogens with zero attached hydrogens (tertiary/aromatic N) is 3. The summed E-state index contributed by atoms with van der Waals surface area (Å²) in [6.45, 7) is 0.698. The number of rotatable bonds is 4. The minimum absolute atomic E-state index is 0.0970. The van der Waals surface area contributed by atoms with Crippen molar-refractivity contribution in [3.8, 4) is 0 Å². The van der Waals surface area contributed by atoms with Gasteiger partial charge in [0.2, 0.25) is 0 Å². The van der Waals surface area contributed by atoms with E-state index in [9.17, 15) is 4.79 Å². The second-order valence-electron chi connectivity index (χ2n) is 5.66. The Bertz CT molecular complexity index is 686. The van der Waals surface area contributed by atoms with Crippen molar-refractivity contribution >= 4 is 0 Å². The van der Waals surface area contributed by atoms with E-state index in [0.29, 0.717) is 12.6 Å². The Morgan fingerprint density at radius 2 is 2.29 bits per heavy atom. The highest BCUT2D eigenvalue weighted by molar-refractivity contribution is 5.27. The lowest BCUT2D eigenvalue weighted by molar-refractivity contribution is 0.465. The smallest absolute Gasteiger partial charge is 0.250 e. The van der Waals surface area contributed by atoms with Gasteiger partial charge in [-0.1, -0.05) is 6.07 Å². The van der Waals surface area contributed by atoms with Gasteiger partial charge in [0.25, 0.3) is 5.56 Å². The number of aryl methyl sites for hydroxylation is 2. The predicted octanol–water partition coefficient (Wildman–Crippen LogP) is 1.42. The van der Waals surface area contributed by atoms with Gasteiger partial charge < -0.3 is 14.5 Å². The van der Waals surface area contributed by atoms with Crippen molar-refractivity contribution in [2.75, 3.05) is 7.05 Å². The van der Waals surface area contributed by atoms with Gasteiger partial charge in [0.05, 0.1) is 0 Å². The summed E-state index contributed by atoms with van der Waals surface area (Å²) >= 11 is 0. The molecule has 0 fully saturated rings. The van der Waals surface area contributed by atoms with Crippen LogP contribution in [-0.4, -0.2) is 21.2 Å². The highest BCUT2D eigenvalue weighted by atomic mass is 16.1. The number of nitrogens with one attached hydrogen (secondary N) is 1. The van der Waals surface area contributed by atoms with E-state index >= 15 is 0 Å². The van der Waals surface area contributed by atoms with Crippen molar-refractivity contribution in [1.82, 2.24) is 19.4 Å². The van der Waals surface area contributed by atoms with Gasteiger partial charge in [0, 0.05) is 50.2 Å². The van der Waals surface area contributed by atoms with Crippen LogP contribution in [0.3, 0.4) is 0 Å². The van der Waals surface area contributed by atoms with Crippen LogP contribution in [0, 0.1) is 0 Å². The third kappa shape index (κ3) is 2.65. The molecule has 1 N–H and O–H groups in total. The molecular weight excluding hydrogens is 264 g/mol. The van der Waals surface area contributed by atoms with Gasteiger partial charge in [0.1, 0.15) is 5.82 Å². The zero-order valence-electron chi connectivity index (χ0n) is 12.7. The molecule has 1 aliphatic rings. The summed E-state index contributed by atoms with van der Waals surface area (Å²) in [5.41, 5.74) is 2.57. The van der Waals surface area contributed by atoms with Crippen molar-refractivity contribution in [3.63, 3.8) is 0 Å². The van der Waals surface area contributed by atoms with E-state index in [-0.39, 0.29) is 5.56 Å². The number of aromatic nitrogens is 3. The average Bonchev–Trinajstić information content (AvgIpc) is 2.91. The number of imidazole rings is 1. The molecule has 0 aliphatic heterocycles. The van der Waals surface area contributed by atoms with Crippen LogP contribution < -0.4 is 10.9 Å². The molecule has 2 aromatic heterocycles. The van der Waals surface area contributed by atoms with Gasteiger partial charge in [-0.25, -0.2) is 4.98 Å². The minimum atomic E-state index is 0.0970. The lowest BCUT2D eigenvalue weighted by Gasteiger charge is -2.27. The summed E-state index contributed by atoms with van der Waals surface area (Å²) < 4.78 is 3.95. The van der Waals surface area contributed by atoms with E-state index in [0.717, 1.165) is 31.5 Å². The lowest BCUT2D eigenvalue weighted by Crippen LogP contribution is -2.31. The second-order valence-corrected chi connectivity index (χ2v) is 5.66. The molecular formula is C16H22N4O. The van der Waals surface area contributed by atoms with E-state index in [1.165, 1.54) is 11.3 Å². The van der Waals surface area contributed by atoms with Crippen LogP contribution in [0.15, 0.2) is 29.3 Å². The molecule has 112 valence electrons. The average molecular weight is 286 g/mol. The normalized spacial score (nSPS) is 17.7. The van der Waals surface area contributed by atoms with Gasteiger partial charge in [-0.15, -0.1) is 0 Å². The summed E-state index contributed by atoms with van der Waals surface area (Å²) in [5.74, 6) is 1.01. The summed E-state index contributed by atoms with van der Waals surface area (Å²) in [5, 5.41) is 3.35. The van der Waals surface area contributed by atoms with Crippen LogP contribution in [0.2, 0.25) is 0 Å². The third-order valence-electron chi connectivity index (χ3n) is 4.44. The van der Waals surface area contributed by atoms with Gasteiger partial charge in [-0.3, -0.25) is 4.79 Å². The quantitative estimate of drug-likeness (QED) is 0.925. The molecule has 0 saturated carbocycles. The largest absolute Gasteiger partial charge is 0.338 e. The number of fused-ring (bicyclic) bond motifs is 1. The maximum absolute atomic E-state index is 12.2. The number of hydrogen-bond donors (Lipinski definition) is 1. The fourth-order valence-electron chi connectivity index (χ4n) is 3.26. The molecule has 5 nitrogen and oxygen atoms in total. The van der Waals surface area contributed by atoms with Crippen LogP contribution in [0.25, 0.3) is 0 Å². The Morgan fingerprint density at radius 3 is 3.00 bits per heavy atom. The first-order chi connectivity index (χ1) is 10.2. The summed E-state index contributed by atoms with van der Waals surface area (Å²) in [6.07, 6.45) is 7.78. The van der Waals surface area contributed by atoms with Crippen molar-refractivity contribution in [3.05, 3.63) is 52.0 Å². The monoisotopic (exact) mass is 286 g/mol. The highest BCUT2D eigenvalue weighted by Gasteiger charge is 2.21. The van der Waals surface area contributed by atoms with Crippen molar-refractivity contribution in [2.24, 2.45) is 7.05 Å². The molecule has 1 aliphatic carbocycles. The van der Waals surface area contributed by atoms with Crippen LogP contribution >= 0.6 is 0 Å². The molecule has 5 heteroatoms. The molecule has 1 atom stereocenters. The maximum Gasteiger partial charge on any atom is 0.250 e. The van der Waals surface area contributed by atoms with Gasteiger partial charge in [-0.2, -0.15) is 0 Å². The minimum Gasteiger partial charge on any atom is -0.338 e. The molecule has 3 rings (SSSR count). The zero-order valence-corrected chi connectivity index (χ0v) is 12.7. The van der Waals surface area contributed by atoms with Crippen LogP contribution in [0.5, 0.6) is 0 Å². The Kier molecular flexibility index (Phi) is 3.92. The first kappa shape index (κ1) is 14.1. The second kappa shape index (κ2) is 5.85. The van der Waals surface area contributed by atoms with Gasteiger partial charge in [0.15, 0.2) is 0 Å². The Morgan fingerprint density at radius 1 is 1.43 bits per heavy atom. The van der Waals surface area contributed by atoms with E-state index < -0.39 is 0 Å². The molecule has 0 radical (unpaired) electrons. The molecule has 0 aromatic carbocycles. The molecule has 0 amide bonds.